The molecule has 0 bridgehead atoms. The number of fused-ring (bicyclic) bond motifs is 1. The molecule has 1 aliphatic rings. The summed E-state index contributed by atoms with van der Waals surface area (Å²) in [5.41, 5.74) is 0.920. The number of aromatic nitrogens is 1. The number of hydrogen-bond donors (Lipinski definition) is 1. The van der Waals surface area contributed by atoms with Gasteiger partial charge in [-0.2, -0.15) is 0 Å². The van der Waals surface area contributed by atoms with Gasteiger partial charge in [0.2, 0.25) is 0 Å². The molecule has 3 heterocycles. The number of furan rings is 1. The highest BCUT2D eigenvalue weighted by Crippen LogP contribution is 2.27. The van der Waals surface area contributed by atoms with Gasteiger partial charge in [0.1, 0.15) is 11.4 Å². The van der Waals surface area contributed by atoms with Crippen molar-refractivity contribution in [1.29, 1.82) is 0 Å². The van der Waals surface area contributed by atoms with Crippen LogP contribution in [-0.2, 0) is 0 Å². The molecule has 0 spiro atoms. The molecule has 4 heteroatoms. The van der Waals surface area contributed by atoms with E-state index in [9.17, 15) is 0 Å². The van der Waals surface area contributed by atoms with Gasteiger partial charge in [-0.25, -0.2) is 4.98 Å². The van der Waals surface area contributed by atoms with Crippen LogP contribution in [0, 0.1) is 0 Å². The van der Waals surface area contributed by atoms with E-state index < -0.39 is 0 Å². The lowest BCUT2D eigenvalue weighted by Crippen LogP contribution is -2.57. The minimum atomic E-state index is 0.572. The molecule has 2 aromatic heterocycles. The van der Waals surface area contributed by atoms with Crippen LogP contribution in [0.25, 0.3) is 11.0 Å². The van der Waals surface area contributed by atoms with E-state index in [1.54, 1.807) is 6.26 Å². The Bertz CT molecular complexity index is 504. The first-order chi connectivity index (χ1) is 8.40. The monoisotopic (exact) mass is 231 g/mol. The van der Waals surface area contributed by atoms with Crippen molar-refractivity contribution in [3.63, 3.8) is 0 Å². The Morgan fingerprint density at radius 1 is 1.47 bits per heavy atom. The molecule has 3 rings (SSSR count). The second kappa shape index (κ2) is 4.37. The second-order valence-electron chi connectivity index (χ2n) is 4.47. The van der Waals surface area contributed by atoms with Crippen LogP contribution < -0.4 is 10.2 Å². The Labute approximate surface area is 101 Å². The second-order valence-corrected chi connectivity index (χ2v) is 4.47. The number of hydrogen-bond acceptors (Lipinski definition) is 4. The first kappa shape index (κ1) is 10.6. The number of anilines is 1. The molecule has 0 aromatic carbocycles. The van der Waals surface area contributed by atoms with Crippen molar-refractivity contribution in [3.8, 4) is 0 Å². The summed E-state index contributed by atoms with van der Waals surface area (Å²) in [6.07, 6.45) is 4.70. The highest BCUT2D eigenvalue weighted by atomic mass is 16.3. The standard InChI is InChI=1S/C13H17N3O/c1-2-6-16(10-8-14-9-10)13-11-4-7-17-12(11)3-5-15-13/h3-5,7,10,14H,2,6,8-9H2,1H3. The lowest BCUT2D eigenvalue weighted by atomic mass is 10.1. The van der Waals surface area contributed by atoms with Gasteiger partial charge in [-0.05, 0) is 18.6 Å². The van der Waals surface area contributed by atoms with E-state index in [1.165, 1.54) is 0 Å². The summed E-state index contributed by atoms with van der Waals surface area (Å²) in [7, 11) is 0. The maximum Gasteiger partial charge on any atom is 0.140 e. The van der Waals surface area contributed by atoms with E-state index in [1.807, 2.05) is 18.3 Å². The highest BCUT2D eigenvalue weighted by molar-refractivity contribution is 5.88. The molecule has 90 valence electrons. The third-order valence-electron chi connectivity index (χ3n) is 3.30. The summed E-state index contributed by atoms with van der Waals surface area (Å²) in [6, 6.07) is 4.50. The van der Waals surface area contributed by atoms with Crippen LogP contribution in [-0.4, -0.2) is 30.7 Å². The summed E-state index contributed by atoms with van der Waals surface area (Å²) in [6.45, 7) is 5.35. The van der Waals surface area contributed by atoms with Crippen molar-refractivity contribution in [2.75, 3.05) is 24.5 Å². The van der Waals surface area contributed by atoms with Gasteiger partial charge in [0, 0.05) is 25.8 Å². The summed E-state index contributed by atoms with van der Waals surface area (Å²) >= 11 is 0. The Hall–Kier alpha value is -1.55. The zero-order valence-electron chi connectivity index (χ0n) is 10.0. The van der Waals surface area contributed by atoms with Crippen LogP contribution in [0.3, 0.4) is 0 Å². The Morgan fingerprint density at radius 3 is 3.06 bits per heavy atom. The Balaban J connectivity index is 2.01. The zero-order valence-corrected chi connectivity index (χ0v) is 10.0. The van der Waals surface area contributed by atoms with Crippen molar-refractivity contribution in [2.24, 2.45) is 0 Å². The highest BCUT2D eigenvalue weighted by Gasteiger charge is 2.26. The zero-order chi connectivity index (χ0) is 11.7. The summed E-state index contributed by atoms with van der Waals surface area (Å²) in [5, 5.41) is 4.44. The van der Waals surface area contributed by atoms with E-state index in [0.29, 0.717) is 6.04 Å². The summed E-state index contributed by atoms with van der Waals surface area (Å²) < 4.78 is 5.44. The van der Waals surface area contributed by atoms with Gasteiger partial charge in [-0.1, -0.05) is 6.92 Å². The molecule has 1 saturated heterocycles. The predicted molar refractivity (Wildman–Crippen MR) is 68.3 cm³/mol. The summed E-state index contributed by atoms with van der Waals surface area (Å²) in [4.78, 5) is 6.94. The number of nitrogens with one attached hydrogen (secondary N) is 1. The average molecular weight is 231 g/mol. The van der Waals surface area contributed by atoms with E-state index in [0.717, 1.165) is 42.8 Å². The van der Waals surface area contributed by atoms with Crippen molar-refractivity contribution in [3.05, 3.63) is 24.6 Å². The predicted octanol–water partition coefficient (Wildman–Crippen LogP) is 2.02. The minimum Gasteiger partial charge on any atom is -0.464 e. The maximum absolute atomic E-state index is 5.44. The quantitative estimate of drug-likeness (QED) is 0.874. The smallest absolute Gasteiger partial charge is 0.140 e. The fourth-order valence-corrected chi connectivity index (χ4v) is 2.30. The Morgan fingerprint density at radius 2 is 2.35 bits per heavy atom. The lowest BCUT2D eigenvalue weighted by molar-refractivity contribution is 0.411. The van der Waals surface area contributed by atoms with Crippen LogP contribution in [0.15, 0.2) is 29.0 Å². The molecule has 0 amide bonds. The lowest BCUT2D eigenvalue weighted by Gasteiger charge is -2.39. The van der Waals surface area contributed by atoms with Crippen LogP contribution in [0.5, 0.6) is 0 Å². The fourth-order valence-electron chi connectivity index (χ4n) is 2.30. The third-order valence-corrected chi connectivity index (χ3v) is 3.30. The van der Waals surface area contributed by atoms with Gasteiger partial charge in [-0.3, -0.25) is 0 Å². The van der Waals surface area contributed by atoms with Crippen molar-refractivity contribution in [1.82, 2.24) is 10.3 Å². The average Bonchev–Trinajstić information content (AvgIpc) is 2.73. The van der Waals surface area contributed by atoms with E-state index >= 15 is 0 Å². The van der Waals surface area contributed by atoms with Crippen LogP contribution in [0.1, 0.15) is 13.3 Å². The normalized spacial score (nSPS) is 16.1. The number of rotatable bonds is 4. The number of nitrogens with zero attached hydrogens (tertiary/aromatic N) is 2. The molecule has 17 heavy (non-hydrogen) atoms. The molecule has 2 aromatic rings. The molecule has 1 fully saturated rings. The van der Waals surface area contributed by atoms with E-state index in [4.69, 9.17) is 4.42 Å². The van der Waals surface area contributed by atoms with Gasteiger partial charge in [-0.15, -0.1) is 0 Å². The molecule has 0 aliphatic carbocycles. The first-order valence-electron chi connectivity index (χ1n) is 6.19. The Kier molecular flexibility index (Phi) is 2.73. The SMILES string of the molecule is CCCN(c1nccc2occc12)C1CNC1. The van der Waals surface area contributed by atoms with Crippen LogP contribution in [0.4, 0.5) is 5.82 Å². The molecule has 0 atom stereocenters. The molecular weight excluding hydrogens is 214 g/mol. The van der Waals surface area contributed by atoms with Crippen molar-refractivity contribution >= 4 is 16.8 Å². The summed E-state index contributed by atoms with van der Waals surface area (Å²) in [5.74, 6) is 1.06. The first-order valence-corrected chi connectivity index (χ1v) is 6.19. The van der Waals surface area contributed by atoms with Gasteiger partial charge < -0.3 is 14.6 Å². The van der Waals surface area contributed by atoms with Crippen molar-refractivity contribution in [2.45, 2.75) is 19.4 Å². The molecule has 0 unspecified atom stereocenters. The van der Waals surface area contributed by atoms with Crippen LogP contribution in [0.2, 0.25) is 0 Å². The molecule has 1 N–H and O–H groups in total. The third kappa shape index (κ3) is 1.78. The van der Waals surface area contributed by atoms with Gasteiger partial charge in [0.05, 0.1) is 17.7 Å². The van der Waals surface area contributed by atoms with Crippen molar-refractivity contribution < 1.29 is 4.42 Å². The topological polar surface area (TPSA) is 41.3 Å². The molecular formula is C13H17N3O. The van der Waals surface area contributed by atoms with E-state index in [2.05, 4.69) is 22.1 Å². The van der Waals surface area contributed by atoms with Gasteiger partial charge in [0.25, 0.3) is 0 Å². The van der Waals surface area contributed by atoms with E-state index in [-0.39, 0.29) is 0 Å². The fraction of sp³-hybridized carbons (Fsp3) is 0.462. The molecule has 0 radical (unpaired) electrons. The molecule has 0 saturated carbocycles. The minimum absolute atomic E-state index is 0.572. The van der Waals surface area contributed by atoms with Gasteiger partial charge in [0.15, 0.2) is 0 Å². The molecule has 4 nitrogen and oxygen atoms in total. The largest absolute Gasteiger partial charge is 0.464 e. The van der Waals surface area contributed by atoms with Gasteiger partial charge >= 0.3 is 0 Å². The maximum atomic E-state index is 5.44. The number of pyridine rings is 1. The molecule has 1 aliphatic heterocycles. The van der Waals surface area contributed by atoms with Crippen LogP contribution >= 0.6 is 0 Å².